The van der Waals surface area contributed by atoms with E-state index in [-0.39, 0.29) is 18.0 Å². The number of hydrogen-bond acceptors (Lipinski definition) is 3. The van der Waals surface area contributed by atoms with Crippen LogP contribution in [0, 0.1) is 5.92 Å². The van der Waals surface area contributed by atoms with Crippen LogP contribution in [0.1, 0.15) is 82.6 Å². The molecular formula is C22H32O3. The number of rotatable bonds is 9. The molecule has 0 aromatic heterocycles. The predicted molar refractivity (Wildman–Crippen MR) is 99.9 cm³/mol. The Morgan fingerprint density at radius 3 is 2.68 bits per heavy atom. The predicted octanol–water partition coefficient (Wildman–Crippen LogP) is 5.63. The van der Waals surface area contributed by atoms with E-state index < -0.39 is 0 Å². The van der Waals surface area contributed by atoms with Crippen molar-refractivity contribution in [2.45, 2.75) is 83.2 Å². The molecule has 1 aromatic rings. The van der Waals surface area contributed by atoms with Crippen LogP contribution in [0.4, 0.5) is 0 Å². The monoisotopic (exact) mass is 344 g/mol. The number of carbonyl (C=O) groups is 1. The van der Waals surface area contributed by atoms with Gasteiger partial charge >= 0.3 is 5.97 Å². The van der Waals surface area contributed by atoms with E-state index in [4.69, 9.17) is 9.47 Å². The van der Waals surface area contributed by atoms with Gasteiger partial charge in [0, 0.05) is 17.9 Å². The Balaban J connectivity index is 1.64. The van der Waals surface area contributed by atoms with Gasteiger partial charge in [-0.1, -0.05) is 44.4 Å². The van der Waals surface area contributed by atoms with Gasteiger partial charge in [-0.25, -0.2) is 0 Å². The summed E-state index contributed by atoms with van der Waals surface area (Å²) in [4.78, 5) is 12.2. The van der Waals surface area contributed by atoms with E-state index >= 15 is 0 Å². The Hall–Kier alpha value is -1.51. The number of ether oxygens (including phenoxy) is 2. The summed E-state index contributed by atoms with van der Waals surface area (Å²) >= 11 is 0. The maximum absolute atomic E-state index is 12.2. The summed E-state index contributed by atoms with van der Waals surface area (Å²) in [7, 11) is 0. The van der Waals surface area contributed by atoms with E-state index in [2.05, 4.69) is 25.1 Å². The quantitative estimate of drug-likeness (QED) is 0.430. The number of esters is 1. The lowest BCUT2D eigenvalue weighted by molar-refractivity contribution is -0.151. The molecule has 1 aromatic carbocycles. The van der Waals surface area contributed by atoms with Crippen LogP contribution in [-0.2, 0) is 9.53 Å². The van der Waals surface area contributed by atoms with Crippen LogP contribution in [-0.4, -0.2) is 18.7 Å². The van der Waals surface area contributed by atoms with E-state index in [1.807, 2.05) is 6.07 Å². The maximum atomic E-state index is 12.2. The first kappa shape index (κ1) is 18.3. The third-order valence-electron chi connectivity index (χ3n) is 5.46. The van der Waals surface area contributed by atoms with Crippen molar-refractivity contribution < 1.29 is 14.3 Å². The van der Waals surface area contributed by atoms with Crippen LogP contribution in [0.25, 0.3) is 0 Å². The third-order valence-corrected chi connectivity index (χ3v) is 5.46. The van der Waals surface area contributed by atoms with Crippen LogP contribution in [0.15, 0.2) is 24.3 Å². The average Bonchev–Trinajstić information content (AvgIpc) is 3.45. The summed E-state index contributed by atoms with van der Waals surface area (Å²) in [6.07, 6.45) is 10.7. The molecular weight excluding hydrogens is 312 g/mol. The van der Waals surface area contributed by atoms with Gasteiger partial charge in [-0.15, -0.1) is 0 Å². The highest BCUT2D eigenvalue weighted by molar-refractivity contribution is 5.69. The van der Waals surface area contributed by atoms with Crippen molar-refractivity contribution in [1.82, 2.24) is 0 Å². The van der Waals surface area contributed by atoms with Crippen molar-refractivity contribution in [2.75, 3.05) is 6.61 Å². The van der Waals surface area contributed by atoms with E-state index in [1.54, 1.807) is 0 Å². The molecule has 0 saturated heterocycles. The van der Waals surface area contributed by atoms with E-state index in [0.29, 0.717) is 6.42 Å². The Kier molecular flexibility index (Phi) is 6.77. The zero-order valence-electron chi connectivity index (χ0n) is 15.5. The van der Waals surface area contributed by atoms with Crippen molar-refractivity contribution in [1.29, 1.82) is 0 Å². The molecule has 25 heavy (non-hydrogen) atoms. The molecule has 2 saturated carbocycles. The van der Waals surface area contributed by atoms with Crippen LogP contribution in [0.5, 0.6) is 5.75 Å². The van der Waals surface area contributed by atoms with E-state index in [0.717, 1.165) is 56.8 Å². The molecule has 0 N–H and O–H groups in total. The zero-order chi connectivity index (χ0) is 17.5. The molecule has 138 valence electrons. The Morgan fingerprint density at radius 2 is 1.88 bits per heavy atom. The molecule has 0 aliphatic heterocycles. The summed E-state index contributed by atoms with van der Waals surface area (Å²) in [5.41, 5.74) is 1.23. The topological polar surface area (TPSA) is 35.5 Å². The first-order chi connectivity index (χ1) is 12.3. The lowest BCUT2D eigenvalue weighted by atomic mass is 9.81. The van der Waals surface area contributed by atoms with Gasteiger partial charge in [0.15, 0.2) is 0 Å². The van der Waals surface area contributed by atoms with Crippen LogP contribution in [0.3, 0.4) is 0 Å². The second-order valence-electron chi connectivity index (χ2n) is 7.67. The fourth-order valence-corrected chi connectivity index (χ4v) is 3.75. The molecule has 2 aliphatic carbocycles. The van der Waals surface area contributed by atoms with Gasteiger partial charge in [-0.2, -0.15) is 0 Å². The molecule has 2 aliphatic rings. The number of unbranched alkanes of at least 4 members (excludes halogenated alkanes) is 2. The number of para-hydroxylation sites is 1. The van der Waals surface area contributed by atoms with Crippen LogP contribution >= 0.6 is 0 Å². The molecule has 0 spiro atoms. The SMILES string of the molecule is CCCCCC(=O)O[C@H]1CCCC[C@@H]1c1ccccc1OCC1CC1. The molecule has 0 amide bonds. The second-order valence-corrected chi connectivity index (χ2v) is 7.67. The van der Waals surface area contributed by atoms with E-state index in [1.165, 1.54) is 24.8 Å². The lowest BCUT2D eigenvalue weighted by Crippen LogP contribution is -2.29. The first-order valence-corrected chi connectivity index (χ1v) is 10.2. The first-order valence-electron chi connectivity index (χ1n) is 10.2. The molecule has 3 heteroatoms. The van der Waals surface area contributed by atoms with Crippen LogP contribution < -0.4 is 4.74 Å². The molecule has 2 fully saturated rings. The molecule has 3 rings (SSSR count). The van der Waals surface area contributed by atoms with Gasteiger partial charge in [0.25, 0.3) is 0 Å². The lowest BCUT2D eigenvalue weighted by Gasteiger charge is -2.32. The zero-order valence-corrected chi connectivity index (χ0v) is 15.5. The molecule has 0 bridgehead atoms. The summed E-state index contributed by atoms with van der Waals surface area (Å²) < 4.78 is 12.0. The minimum absolute atomic E-state index is 0.00792. The minimum Gasteiger partial charge on any atom is -0.493 e. The van der Waals surface area contributed by atoms with Gasteiger partial charge in [-0.05, 0) is 50.5 Å². The Labute approximate surface area is 152 Å². The molecule has 0 heterocycles. The normalized spacial score (nSPS) is 23.2. The van der Waals surface area contributed by atoms with Gasteiger partial charge < -0.3 is 9.47 Å². The largest absolute Gasteiger partial charge is 0.493 e. The summed E-state index contributed by atoms with van der Waals surface area (Å²) in [5, 5.41) is 0. The molecule has 0 radical (unpaired) electrons. The van der Waals surface area contributed by atoms with Gasteiger partial charge in [0.1, 0.15) is 11.9 Å². The number of hydrogen-bond donors (Lipinski definition) is 0. The number of benzene rings is 1. The highest BCUT2D eigenvalue weighted by atomic mass is 16.5. The number of carbonyl (C=O) groups excluding carboxylic acids is 1. The summed E-state index contributed by atoms with van der Waals surface area (Å²) in [5.74, 6) is 1.99. The highest BCUT2D eigenvalue weighted by Gasteiger charge is 2.32. The second kappa shape index (κ2) is 9.26. The van der Waals surface area contributed by atoms with Gasteiger partial charge in [-0.3, -0.25) is 4.79 Å². The molecule has 3 nitrogen and oxygen atoms in total. The smallest absolute Gasteiger partial charge is 0.306 e. The van der Waals surface area contributed by atoms with Gasteiger partial charge in [0.05, 0.1) is 6.61 Å². The van der Waals surface area contributed by atoms with Crippen LogP contribution in [0.2, 0.25) is 0 Å². The average molecular weight is 344 g/mol. The van der Waals surface area contributed by atoms with Crippen molar-refractivity contribution in [2.24, 2.45) is 5.92 Å². The van der Waals surface area contributed by atoms with Crippen molar-refractivity contribution in [3.63, 3.8) is 0 Å². The summed E-state index contributed by atoms with van der Waals surface area (Å²) in [6, 6.07) is 8.36. The fourth-order valence-electron chi connectivity index (χ4n) is 3.75. The maximum Gasteiger partial charge on any atom is 0.306 e. The molecule has 0 unspecified atom stereocenters. The third kappa shape index (κ3) is 5.49. The summed E-state index contributed by atoms with van der Waals surface area (Å²) in [6.45, 7) is 2.98. The fraction of sp³-hybridized carbons (Fsp3) is 0.682. The van der Waals surface area contributed by atoms with Crippen molar-refractivity contribution in [3.05, 3.63) is 29.8 Å². The minimum atomic E-state index is -0.0262. The Bertz CT molecular complexity index is 550. The Morgan fingerprint density at radius 1 is 1.08 bits per heavy atom. The molecule has 2 atom stereocenters. The highest BCUT2D eigenvalue weighted by Crippen LogP contribution is 2.40. The van der Waals surface area contributed by atoms with E-state index in [9.17, 15) is 4.79 Å². The van der Waals surface area contributed by atoms with Gasteiger partial charge in [0.2, 0.25) is 0 Å². The standard InChI is InChI=1S/C22H32O3/c1-2-3-4-13-22(23)25-21-12-8-6-10-19(21)18-9-5-7-11-20(18)24-16-17-14-15-17/h5,7,9,11,17,19,21H,2-4,6,8,10,12-16H2,1H3/t19-,21+/m1/s1. The van der Waals surface area contributed by atoms with Crippen molar-refractivity contribution >= 4 is 5.97 Å². The van der Waals surface area contributed by atoms with Crippen molar-refractivity contribution in [3.8, 4) is 5.75 Å².